The Bertz CT molecular complexity index is 1100. The minimum Gasteiger partial charge on any atom is -0.466 e. The molecular formula is C20H20ClF3NO6PS. The van der Waals surface area contributed by atoms with Crippen molar-refractivity contribution in [2.75, 3.05) is 6.61 Å². The van der Waals surface area contributed by atoms with Gasteiger partial charge in [0.25, 0.3) is 5.69 Å². The van der Waals surface area contributed by atoms with Gasteiger partial charge in [-0.2, -0.15) is 13.2 Å². The van der Waals surface area contributed by atoms with Crippen molar-refractivity contribution in [1.29, 1.82) is 0 Å². The summed E-state index contributed by atoms with van der Waals surface area (Å²) < 4.78 is 48.9. The van der Waals surface area contributed by atoms with Gasteiger partial charge < -0.3 is 14.4 Å². The highest BCUT2D eigenvalue weighted by molar-refractivity contribution is 8.15. The second-order valence-corrected chi connectivity index (χ2v) is 11.7. The van der Waals surface area contributed by atoms with Gasteiger partial charge in [-0.05, 0) is 43.7 Å². The summed E-state index contributed by atoms with van der Waals surface area (Å²) in [4.78, 5) is 33.5. The number of halogens is 4. The molecule has 0 radical (unpaired) electrons. The summed E-state index contributed by atoms with van der Waals surface area (Å²) in [6.45, 7) is 3.41. The Morgan fingerprint density at radius 2 is 1.97 bits per heavy atom. The molecule has 180 valence electrons. The SMILES string of the molecule is CCOC(=O)CC[C@H](C)P(O)(=S)c1cc(Oc2ccc(C(F)(F)F)cc2Cl)ccc1[N+](=O)[O-]. The van der Waals surface area contributed by atoms with E-state index < -0.39 is 40.2 Å². The van der Waals surface area contributed by atoms with Crippen molar-refractivity contribution in [1.82, 2.24) is 0 Å². The molecule has 2 aromatic carbocycles. The van der Waals surface area contributed by atoms with Crippen molar-refractivity contribution in [3.05, 3.63) is 57.1 Å². The van der Waals surface area contributed by atoms with Crippen molar-refractivity contribution in [2.24, 2.45) is 0 Å². The van der Waals surface area contributed by atoms with Crippen LogP contribution in [0.2, 0.25) is 5.02 Å². The van der Waals surface area contributed by atoms with Crippen molar-refractivity contribution < 1.29 is 37.3 Å². The first-order valence-electron chi connectivity index (χ1n) is 9.59. The topological polar surface area (TPSA) is 98.9 Å². The van der Waals surface area contributed by atoms with Gasteiger partial charge in [0.1, 0.15) is 17.8 Å². The van der Waals surface area contributed by atoms with Gasteiger partial charge in [0.2, 0.25) is 0 Å². The second kappa shape index (κ2) is 10.8. The first kappa shape index (κ1) is 27.0. The molecule has 0 aliphatic heterocycles. The maximum absolute atomic E-state index is 12.8. The molecule has 0 aliphatic carbocycles. The van der Waals surface area contributed by atoms with Gasteiger partial charge in [0.15, 0.2) is 0 Å². The number of ether oxygens (including phenoxy) is 2. The molecule has 2 atom stereocenters. The predicted octanol–water partition coefficient (Wildman–Crippen LogP) is 5.80. The van der Waals surface area contributed by atoms with Crippen molar-refractivity contribution in [2.45, 2.75) is 38.5 Å². The molecule has 0 saturated heterocycles. The highest BCUT2D eigenvalue weighted by Gasteiger charge is 2.33. The fourth-order valence-corrected chi connectivity index (χ4v) is 5.56. The molecule has 0 saturated carbocycles. The Hall–Kier alpha value is -2.20. The fraction of sp³-hybridized carbons (Fsp3) is 0.350. The number of esters is 1. The van der Waals surface area contributed by atoms with E-state index in [0.717, 1.165) is 18.2 Å². The zero-order valence-electron chi connectivity index (χ0n) is 17.5. The Balaban J connectivity index is 2.37. The third-order valence-corrected chi connectivity index (χ3v) is 9.11. The minimum atomic E-state index is -4.59. The van der Waals surface area contributed by atoms with E-state index in [-0.39, 0.29) is 41.3 Å². The number of alkyl halides is 3. The third-order valence-electron chi connectivity index (χ3n) is 4.64. The summed E-state index contributed by atoms with van der Waals surface area (Å²) in [6.07, 6.45) is -8.04. The van der Waals surface area contributed by atoms with Gasteiger partial charge >= 0.3 is 12.1 Å². The average Bonchev–Trinajstić information content (AvgIpc) is 2.72. The smallest absolute Gasteiger partial charge is 0.416 e. The highest BCUT2D eigenvalue weighted by atomic mass is 35.5. The van der Waals surface area contributed by atoms with Gasteiger partial charge in [-0.25, -0.2) is 0 Å². The van der Waals surface area contributed by atoms with E-state index in [1.165, 1.54) is 12.1 Å². The lowest BCUT2D eigenvalue weighted by Gasteiger charge is -2.23. The zero-order chi connectivity index (χ0) is 25.0. The molecule has 2 rings (SSSR count). The fourth-order valence-electron chi connectivity index (χ4n) is 2.84. The summed E-state index contributed by atoms with van der Waals surface area (Å²) in [7, 11) is 0. The van der Waals surface area contributed by atoms with E-state index >= 15 is 0 Å². The van der Waals surface area contributed by atoms with Gasteiger partial charge in [-0.1, -0.05) is 30.3 Å². The molecule has 0 heterocycles. The maximum Gasteiger partial charge on any atom is 0.416 e. The summed E-state index contributed by atoms with van der Waals surface area (Å²) in [6, 6.07) is 5.96. The van der Waals surface area contributed by atoms with E-state index in [4.69, 9.17) is 32.9 Å². The number of nitrogens with zero attached hydrogens (tertiary/aromatic N) is 1. The van der Waals surface area contributed by atoms with Crippen molar-refractivity contribution in [3.8, 4) is 11.5 Å². The highest BCUT2D eigenvalue weighted by Crippen LogP contribution is 2.50. The minimum absolute atomic E-state index is 0.0156. The molecule has 2 aromatic rings. The lowest BCUT2D eigenvalue weighted by atomic mass is 10.2. The van der Waals surface area contributed by atoms with E-state index in [2.05, 4.69) is 0 Å². The Morgan fingerprint density at radius 1 is 1.30 bits per heavy atom. The molecule has 1 unspecified atom stereocenters. The average molecular weight is 526 g/mol. The number of carbonyl (C=O) groups excluding carboxylic acids is 1. The number of carbonyl (C=O) groups is 1. The summed E-state index contributed by atoms with van der Waals surface area (Å²) >= 11 is 11.3. The number of nitro benzene ring substituents is 1. The van der Waals surface area contributed by atoms with Crippen LogP contribution in [0.3, 0.4) is 0 Å². The lowest BCUT2D eigenvalue weighted by Crippen LogP contribution is -2.19. The largest absolute Gasteiger partial charge is 0.466 e. The van der Waals surface area contributed by atoms with Crippen LogP contribution in [0, 0.1) is 10.1 Å². The van der Waals surface area contributed by atoms with Crippen molar-refractivity contribution >= 4 is 46.6 Å². The molecule has 13 heteroatoms. The Morgan fingerprint density at radius 3 is 2.52 bits per heavy atom. The van der Waals surface area contributed by atoms with Gasteiger partial charge in [-0.3, -0.25) is 14.9 Å². The van der Waals surface area contributed by atoms with Crippen LogP contribution in [0.4, 0.5) is 18.9 Å². The molecular weight excluding hydrogens is 506 g/mol. The summed E-state index contributed by atoms with van der Waals surface area (Å²) in [5.41, 5.74) is -2.07. The predicted molar refractivity (Wildman–Crippen MR) is 121 cm³/mol. The van der Waals surface area contributed by atoms with Gasteiger partial charge in [0.05, 0.1) is 27.4 Å². The first-order valence-corrected chi connectivity index (χ1v) is 12.8. The normalized spacial score (nSPS) is 14.3. The van der Waals surface area contributed by atoms with E-state index in [9.17, 15) is 33.0 Å². The number of hydrogen-bond donors (Lipinski definition) is 1. The molecule has 0 aliphatic rings. The van der Waals surface area contributed by atoms with Crippen LogP contribution < -0.4 is 10.0 Å². The zero-order valence-corrected chi connectivity index (χ0v) is 19.9. The molecule has 0 aromatic heterocycles. The molecule has 7 nitrogen and oxygen atoms in total. The lowest BCUT2D eigenvalue weighted by molar-refractivity contribution is -0.383. The first-order chi connectivity index (χ1) is 15.3. The third kappa shape index (κ3) is 6.89. The monoisotopic (exact) mass is 525 g/mol. The van der Waals surface area contributed by atoms with E-state index in [1.807, 2.05) is 0 Å². The molecule has 0 bridgehead atoms. The Kier molecular flexibility index (Phi) is 8.87. The number of hydrogen-bond acceptors (Lipinski definition) is 6. The Labute approximate surface area is 197 Å². The number of nitro groups is 1. The van der Waals surface area contributed by atoms with Crippen LogP contribution in [0.5, 0.6) is 11.5 Å². The van der Waals surface area contributed by atoms with Crippen molar-refractivity contribution in [3.63, 3.8) is 0 Å². The van der Waals surface area contributed by atoms with Crippen LogP contribution in [-0.4, -0.2) is 28.1 Å². The molecule has 1 N–H and O–H groups in total. The van der Waals surface area contributed by atoms with Crippen LogP contribution in [0.15, 0.2) is 36.4 Å². The standard InChI is InChI=1S/C20H20ClF3NO6PS/c1-3-30-19(26)9-4-12(2)32(29,33)18-11-14(6-7-16(18)25(27)28)31-17-8-5-13(10-15(17)21)20(22,23)24/h5-8,10-12H,3-4,9H2,1-2H3,(H,29,33)/t12-,32?/m0/s1. The van der Waals surface area contributed by atoms with Crippen LogP contribution in [0.25, 0.3) is 0 Å². The maximum atomic E-state index is 12.8. The second-order valence-electron chi connectivity index (χ2n) is 6.97. The molecule has 0 fully saturated rings. The molecule has 0 amide bonds. The van der Waals surface area contributed by atoms with Crippen LogP contribution in [-0.2, 0) is 27.5 Å². The van der Waals surface area contributed by atoms with Gasteiger partial charge in [-0.15, -0.1) is 0 Å². The number of benzene rings is 2. The molecule has 33 heavy (non-hydrogen) atoms. The summed E-state index contributed by atoms with van der Waals surface area (Å²) in [5.74, 6) is -0.618. The number of rotatable bonds is 9. The van der Waals surface area contributed by atoms with Crippen LogP contribution >= 0.6 is 17.9 Å². The van der Waals surface area contributed by atoms with E-state index in [1.54, 1.807) is 13.8 Å². The van der Waals surface area contributed by atoms with E-state index in [0.29, 0.717) is 6.07 Å². The molecule has 0 spiro atoms. The summed E-state index contributed by atoms with van der Waals surface area (Å²) in [5, 5.41) is 11.0. The van der Waals surface area contributed by atoms with Gasteiger partial charge in [0, 0.05) is 18.1 Å². The van der Waals surface area contributed by atoms with Crippen LogP contribution in [0.1, 0.15) is 32.3 Å². The quantitative estimate of drug-likeness (QED) is 0.191.